The van der Waals surface area contributed by atoms with Gasteiger partial charge in [-0.15, -0.1) is 0 Å². The predicted octanol–water partition coefficient (Wildman–Crippen LogP) is -2.17. The van der Waals surface area contributed by atoms with Gasteiger partial charge in [-0.3, -0.25) is 4.90 Å². The molecule has 0 aromatic carbocycles. The van der Waals surface area contributed by atoms with Gasteiger partial charge in [0.2, 0.25) is 0 Å². The van der Waals surface area contributed by atoms with Crippen LogP contribution in [0.25, 0.3) is 0 Å². The van der Waals surface area contributed by atoms with Crippen LogP contribution in [0.4, 0.5) is 0 Å². The third-order valence-electron chi connectivity index (χ3n) is 2.37. The van der Waals surface area contributed by atoms with Crippen LogP contribution in [0.2, 0.25) is 0 Å². The van der Waals surface area contributed by atoms with Gasteiger partial charge in [0.05, 0.1) is 12.7 Å². The van der Waals surface area contributed by atoms with Gasteiger partial charge in [0.25, 0.3) is 0 Å². The maximum atomic E-state index is 9.31. The molecule has 5 heteroatoms. The summed E-state index contributed by atoms with van der Waals surface area (Å²) >= 11 is 0. The van der Waals surface area contributed by atoms with E-state index in [0.29, 0.717) is 6.54 Å². The maximum absolute atomic E-state index is 9.31. The Bertz CT molecular complexity index is 136. The lowest BCUT2D eigenvalue weighted by Crippen LogP contribution is -2.40. The van der Waals surface area contributed by atoms with Crippen molar-refractivity contribution in [3.8, 4) is 0 Å². The normalized spacial score (nSPS) is 23.6. The fourth-order valence-electron chi connectivity index (χ4n) is 1.55. The highest BCUT2D eigenvalue weighted by Gasteiger charge is 2.10. The average Bonchev–Trinajstić information content (AvgIpc) is 2.31. The molecule has 0 aromatic heterocycles. The second-order valence-corrected chi connectivity index (χ2v) is 3.64. The minimum absolute atomic E-state index is 0.155. The van der Waals surface area contributed by atoms with Crippen molar-refractivity contribution < 1.29 is 10.2 Å². The van der Waals surface area contributed by atoms with Crippen LogP contribution in [-0.2, 0) is 0 Å². The number of hydrogen-bond acceptors (Lipinski definition) is 5. The molecule has 5 nitrogen and oxygen atoms in total. The molecule has 0 unspecified atom stereocenters. The van der Waals surface area contributed by atoms with Crippen molar-refractivity contribution in [2.24, 2.45) is 0 Å². The second kappa shape index (κ2) is 7.14. The Balaban J connectivity index is 2.25. The number of rotatable bonds is 3. The molecular weight excluding hydrogens is 182 g/mol. The van der Waals surface area contributed by atoms with Gasteiger partial charge in [0, 0.05) is 45.8 Å². The molecule has 0 spiro atoms. The van der Waals surface area contributed by atoms with Crippen molar-refractivity contribution in [1.29, 1.82) is 0 Å². The summed E-state index contributed by atoms with van der Waals surface area (Å²) in [4.78, 5) is 2.16. The zero-order valence-corrected chi connectivity index (χ0v) is 8.58. The fraction of sp³-hybridized carbons (Fsp3) is 1.00. The molecule has 1 aliphatic rings. The molecule has 0 aromatic rings. The van der Waals surface area contributed by atoms with Gasteiger partial charge in [-0.2, -0.15) is 0 Å². The van der Waals surface area contributed by atoms with E-state index in [2.05, 4.69) is 15.5 Å². The second-order valence-electron chi connectivity index (χ2n) is 3.64. The third-order valence-corrected chi connectivity index (χ3v) is 2.37. The highest BCUT2D eigenvalue weighted by molar-refractivity contribution is 4.68. The summed E-state index contributed by atoms with van der Waals surface area (Å²) in [6.45, 7) is 6.14. The Morgan fingerprint density at radius 1 is 1.07 bits per heavy atom. The Morgan fingerprint density at radius 2 is 1.64 bits per heavy atom. The summed E-state index contributed by atoms with van der Waals surface area (Å²) in [5, 5.41) is 24.6. The van der Waals surface area contributed by atoms with E-state index in [-0.39, 0.29) is 6.61 Å². The summed E-state index contributed by atoms with van der Waals surface area (Å²) in [7, 11) is 0. The number of hydrogen-bond donors (Lipinski definition) is 4. The Labute approximate surface area is 85.1 Å². The van der Waals surface area contributed by atoms with Crippen molar-refractivity contribution in [2.75, 3.05) is 52.4 Å². The molecule has 0 aliphatic carbocycles. The lowest BCUT2D eigenvalue weighted by Gasteiger charge is -2.23. The molecule has 14 heavy (non-hydrogen) atoms. The number of aliphatic hydroxyl groups is 2. The van der Waals surface area contributed by atoms with Crippen LogP contribution < -0.4 is 10.6 Å². The smallest absolute Gasteiger partial charge is 0.0897 e. The molecule has 1 atom stereocenters. The molecule has 1 saturated heterocycles. The van der Waals surface area contributed by atoms with Gasteiger partial charge in [-0.1, -0.05) is 0 Å². The van der Waals surface area contributed by atoms with Crippen molar-refractivity contribution in [1.82, 2.24) is 15.5 Å². The third kappa shape index (κ3) is 4.88. The molecule has 1 fully saturated rings. The van der Waals surface area contributed by atoms with Crippen LogP contribution in [0.1, 0.15) is 0 Å². The van der Waals surface area contributed by atoms with E-state index >= 15 is 0 Å². The zero-order valence-electron chi connectivity index (χ0n) is 8.58. The SMILES string of the molecule is OC[C@@H](O)CN1CCNCCNCC1. The number of nitrogens with zero attached hydrogens (tertiary/aromatic N) is 1. The van der Waals surface area contributed by atoms with Crippen LogP contribution >= 0.6 is 0 Å². The molecule has 1 rings (SSSR count). The standard InChI is InChI=1S/C9H21N3O2/c13-8-9(14)7-12-5-3-10-1-2-11-4-6-12/h9-11,13-14H,1-8H2/t9-/m0/s1. The van der Waals surface area contributed by atoms with E-state index in [1.807, 2.05) is 0 Å². The monoisotopic (exact) mass is 203 g/mol. The number of β-amino-alcohol motifs (C(OH)–C–C–N with tert-alkyl or cyclic N) is 1. The van der Waals surface area contributed by atoms with Gasteiger partial charge in [0.15, 0.2) is 0 Å². The van der Waals surface area contributed by atoms with E-state index in [1.54, 1.807) is 0 Å². The first-order valence-corrected chi connectivity index (χ1v) is 5.25. The number of nitrogens with one attached hydrogen (secondary N) is 2. The first kappa shape index (κ1) is 11.9. The van der Waals surface area contributed by atoms with Gasteiger partial charge in [-0.25, -0.2) is 0 Å². The van der Waals surface area contributed by atoms with E-state index in [0.717, 1.165) is 39.3 Å². The summed E-state index contributed by atoms with van der Waals surface area (Å²) in [6, 6.07) is 0. The Hall–Kier alpha value is -0.200. The van der Waals surface area contributed by atoms with E-state index in [1.165, 1.54) is 0 Å². The van der Waals surface area contributed by atoms with Gasteiger partial charge < -0.3 is 20.8 Å². The van der Waals surface area contributed by atoms with Gasteiger partial charge >= 0.3 is 0 Å². The number of aliphatic hydroxyl groups excluding tert-OH is 2. The molecule has 1 heterocycles. The van der Waals surface area contributed by atoms with Crippen molar-refractivity contribution in [3.05, 3.63) is 0 Å². The minimum atomic E-state index is -0.615. The van der Waals surface area contributed by atoms with E-state index < -0.39 is 6.10 Å². The highest BCUT2D eigenvalue weighted by atomic mass is 16.3. The fourth-order valence-corrected chi connectivity index (χ4v) is 1.55. The Kier molecular flexibility index (Phi) is 6.05. The predicted molar refractivity (Wildman–Crippen MR) is 55.3 cm³/mol. The largest absolute Gasteiger partial charge is 0.394 e. The molecule has 0 saturated carbocycles. The topological polar surface area (TPSA) is 67.8 Å². The minimum Gasteiger partial charge on any atom is -0.394 e. The zero-order chi connectivity index (χ0) is 10.2. The first-order chi connectivity index (χ1) is 6.83. The molecule has 0 bridgehead atoms. The summed E-state index contributed by atoms with van der Waals surface area (Å²) < 4.78 is 0. The summed E-state index contributed by atoms with van der Waals surface area (Å²) in [6.07, 6.45) is -0.615. The van der Waals surface area contributed by atoms with Crippen molar-refractivity contribution in [2.45, 2.75) is 6.10 Å². The van der Waals surface area contributed by atoms with Gasteiger partial charge in [0.1, 0.15) is 0 Å². The molecule has 0 amide bonds. The molecule has 1 aliphatic heterocycles. The molecular formula is C9H21N3O2. The van der Waals surface area contributed by atoms with Crippen LogP contribution in [0.3, 0.4) is 0 Å². The van der Waals surface area contributed by atoms with Crippen molar-refractivity contribution >= 4 is 0 Å². The van der Waals surface area contributed by atoms with Crippen LogP contribution in [-0.4, -0.2) is 73.6 Å². The summed E-state index contributed by atoms with van der Waals surface area (Å²) in [5.74, 6) is 0. The quantitative estimate of drug-likeness (QED) is 0.420. The molecule has 4 N–H and O–H groups in total. The van der Waals surface area contributed by atoms with E-state index in [9.17, 15) is 5.11 Å². The van der Waals surface area contributed by atoms with Gasteiger partial charge in [-0.05, 0) is 0 Å². The first-order valence-electron chi connectivity index (χ1n) is 5.25. The van der Waals surface area contributed by atoms with Crippen LogP contribution in [0, 0.1) is 0 Å². The average molecular weight is 203 g/mol. The highest BCUT2D eigenvalue weighted by Crippen LogP contribution is 1.92. The lowest BCUT2D eigenvalue weighted by atomic mass is 10.3. The molecule has 0 radical (unpaired) electrons. The van der Waals surface area contributed by atoms with E-state index in [4.69, 9.17) is 5.11 Å². The summed E-state index contributed by atoms with van der Waals surface area (Å²) in [5.41, 5.74) is 0. The Morgan fingerprint density at radius 3 is 2.14 bits per heavy atom. The van der Waals surface area contributed by atoms with Crippen LogP contribution in [0.15, 0.2) is 0 Å². The van der Waals surface area contributed by atoms with Crippen LogP contribution in [0.5, 0.6) is 0 Å². The maximum Gasteiger partial charge on any atom is 0.0897 e. The molecule has 84 valence electrons. The van der Waals surface area contributed by atoms with Crippen molar-refractivity contribution in [3.63, 3.8) is 0 Å². The lowest BCUT2D eigenvalue weighted by molar-refractivity contribution is 0.0602.